The molecule has 1 unspecified atom stereocenters. The number of hydrogen-bond acceptors (Lipinski definition) is 3. The quantitative estimate of drug-likeness (QED) is 0.256. The molecule has 0 saturated heterocycles. The minimum Gasteiger partial charge on any atom is -0.357 e. The van der Waals surface area contributed by atoms with Gasteiger partial charge in [0.25, 0.3) is 5.91 Å². The summed E-state index contributed by atoms with van der Waals surface area (Å²) >= 11 is 13.4. The van der Waals surface area contributed by atoms with Crippen LogP contribution in [0, 0.1) is 0 Å². The predicted molar refractivity (Wildman–Crippen MR) is 149 cm³/mol. The molecule has 0 aliphatic heterocycles. The van der Waals surface area contributed by atoms with Crippen LogP contribution >= 0.6 is 43.5 Å². The molecule has 0 aliphatic rings. The summed E-state index contributed by atoms with van der Waals surface area (Å²) in [5.41, 5.74) is 3.50. The molecule has 1 atom stereocenters. The molecule has 0 saturated carbocycles. The Morgan fingerprint density at radius 1 is 0.944 bits per heavy atom. The summed E-state index contributed by atoms with van der Waals surface area (Å²) in [6, 6.07) is 23.7. The molecule has 1 aromatic heterocycles. The molecular weight excluding hydrogens is 608 g/mol. The predicted octanol–water partition coefficient (Wildman–Crippen LogP) is 5.86. The average Bonchev–Trinajstić information content (AvgIpc) is 3.27. The van der Waals surface area contributed by atoms with Crippen LogP contribution < -0.4 is 10.6 Å². The smallest absolute Gasteiger partial charge is 0.270 e. The SMILES string of the molecule is CNC(=O)C(Cc1cccc(Br)c1)NC(=O)c1cc(-c2ccccc2Cl)nn1Cc1cccc(Br)c1. The second-order valence-electron chi connectivity index (χ2n) is 8.16. The lowest BCUT2D eigenvalue weighted by Gasteiger charge is -2.18. The van der Waals surface area contributed by atoms with Crippen molar-refractivity contribution in [1.82, 2.24) is 20.4 Å². The lowest BCUT2D eigenvalue weighted by Crippen LogP contribution is -2.47. The molecule has 184 valence electrons. The molecule has 0 radical (unpaired) electrons. The number of aromatic nitrogens is 2. The van der Waals surface area contributed by atoms with Crippen LogP contribution in [-0.2, 0) is 17.8 Å². The van der Waals surface area contributed by atoms with Gasteiger partial charge in [0.2, 0.25) is 5.91 Å². The lowest BCUT2D eigenvalue weighted by molar-refractivity contribution is -0.122. The summed E-state index contributed by atoms with van der Waals surface area (Å²) in [5, 5.41) is 10.8. The molecular formula is C27H23Br2ClN4O2. The fraction of sp³-hybridized carbons (Fsp3) is 0.148. The van der Waals surface area contributed by atoms with E-state index < -0.39 is 11.9 Å². The van der Waals surface area contributed by atoms with Gasteiger partial charge in [0.05, 0.1) is 17.3 Å². The first-order chi connectivity index (χ1) is 17.3. The largest absolute Gasteiger partial charge is 0.357 e. The number of carbonyl (C=O) groups excluding carboxylic acids is 2. The number of hydrogen-bond donors (Lipinski definition) is 2. The first-order valence-electron chi connectivity index (χ1n) is 11.2. The minimum atomic E-state index is -0.769. The van der Waals surface area contributed by atoms with Crippen molar-refractivity contribution in [3.05, 3.63) is 110 Å². The van der Waals surface area contributed by atoms with Crippen molar-refractivity contribution < 1.29 is 9.59 Å². The number of carbonyl (C=O) groups is 2. The van der Waals surface area contributed by atoms with Gasteiger partial charge in [-0.3, -0.25) is 14.3 Å². The fourth-order valence-electron chi connectivity index (χ4n) is 3.84. The Hall–Kier alpha value is -2.94. The standard InChI is InChI=1S/C27H23Br2ClN4O2/c1-31-26(35)24(14-17-6-4-8-19(28)12-17)32-27(36)25-15-23(21-10-2-3-11-22(21)30)33-34(25)16-18-7-5-9-20(29)13-18/h2-13,15,24H,14,16H2,1H3,(H,31,35)(H,32,36). The van der Waals surface area contributed by atoms with Gasteiger partial charge in [-0.2, -0.15) is 5.10 Å². The molecule has 2 N–H and O–H groups in total. The number of benzene rings is 3. The van der Waals surface area contributed by atoms with Gasteiger partial charge in [0, 0.05) is 28.0 Å². The van der Waals surface area contributed by atoms with Crippen molar-refractivity contribution in [1.29, 1.82) is 0 Å². The molecule has 36 heavy (non-hydrogen) atoms. The van der Waals surface area contributed by atoms with Crippen LogP contribution in [0.5, 0.6) is 0 Å². The van der Waals surface area contributed by atoms with E-state index in [0.717, 1.165) is 25.6 Å². The Morgan fingerprint density at radius 2 is 1.61 bits per heavy atom. The van der Waals surface area contributed by atoms with Gasteiger partial charge in [-0.05, 0) is 47.5 Å². The first kappa shape index (κ1) is 26.1. The first-order valence-corrected chi connectivity index (χ1v) is 13.1. The third-order valence-electron chi connectivity index (χ3n) is 5.58. The summed E-state index contributed by atoms with van der Waals surface area (Å²) in [4.78, 5) is 26.2. The minimum absolute atomic E-state index is 0.285. The van der Waals surface area contributed by atoms with E-state index in [9.17, 15) is 9.59 Å². The lowest BCUT2D eigenvalue weighted by atomic mass is 10.0. The number of amides is 2. The van der Waals surface area contributed by atoms with Crippen LogP contribution in [0.25, 0.3) is 11.3 Å². The van der Waals surface area contributed by atoms with Crippen LogP contribution in [0.1, 0.15) is 21.6 Å². The fourth-order valence-corrected chi connectivity index (χ4v) is 4.97. The van der Waals surface area contributed by atoms with Crippen LogP contribution in [0.4, 0.5) is 0 Å². The molecule has 0 spiro atoms. The topological polar surface area (TPSA) is 76.0 Å². The molecule has 1 heterocycles. The maximum Gasteiger partial charge on any atom is 0.270 e. The van der Waals surface area contributed by atoms with E-state index in [4.69, 9.17) is 16.7 Å². The number of halogens is 3. The molecule has 0 aliphatic carbocycles. The van der Waals surface area contributed by atoms with Gasteiger partial charge < -0.3 is 10.6 Å². The molecule has 6 nitrogen and oxygen atoms in total. The number of rotatable bonds is 8. The Kier molecular flexibility index (Phi) is 8.61. The van der Waals surface area contributed by atoms with E-state index in [1.165, 1.54) is 0 Å². The molecule has 0 bridgehead atoms. The van der Waals surface area contributed by atoms with E-state index in [-0.39, 0.29) is 5.91 Å². The summed E-state index contributed by atoms with van der Waals surface area (Å²) in [5.74, 6) is -0.688. The van der Waals surface area contributed by atoms with Gasteiger partial charge in [-0.1, -0.05) is 85.9 Å². The van der Waals surface area contributed by atoms with Gasteiger partial charge in [0.1, 0.15) is 11.7 Å². The highest BCUT2D eigenvalue weighted by molar-refractivity contribution is 9.10. The number of nitrogens with zero attached hydrogens (tertiary/aromatic N) is 2. The van der Waals surface area contributed by atoms with Crippen LogP contribution in [0.15, 0.2) is 87.8 Å². The third-order valence-corrected chi connectivity index (χ3v) is 6.90. The summed E-state index contributed by atoms with van der Waals surface area (Å²) in [6.45, 7) is 0.364. The van der Waals surface area contributed by atoms with Crippen LogP contribution in [0.2, 0.25) is 5.02 Å². The molecule has 4 aromatic rings. The van der Waals surface area contributed by atoms with Crippen molar-refractivity contribution in [2.45, 2.75) is 19.0 Å². The van der Waals surface area contributed by atoms with E-state index in [2.05, 4.69) is 42.5 Å². The highest BCUT2D eigenvalue weighted by Crippen LogP contribution is 2.28. The van der Waals surface area contributed by atoms with E-state index >= 15 is 0 Å². The normalized spacial score (nSPS) is 11.7. The second-order valence-corrected chi connectivity index (χ2v) is 10.4. The number of nitrogens with one attached hydrogen (secondary N) is 2. The Morgan fingerprint density at radius 3 is 2.28 bits per heavy atom. The Bertz CT molecular complexity index is 1410. The third kappa shape index (κ3) is 6.43. The van der Waals surface area contributed by atoms with Crippen molar-refractivity contribution >= 4 is 55.3 Å². The van der Waals surface area contributed by atoms with Crippen molar-refractivity contribution in [3.8, 4) is 11.3 Å². The van der Waals surface area contributed by atoms with Gasteiger partial charge in [-0.25, -0.2) is 0 Å². The molecule has 4 rings (SSSR count). The zero-order chi connectivity index (χ0) is 25.7. The van der Waals surface area contributed by atoms with Crippen LogP contribution in [0.3, 0.4) is 0 Å². The highest BCUT2D eigenvalue weighted by Gasteiger charge is 2.24. The van der Waals surface area contributed by atoms with E-state index in [1.54, 1.807) is 23.9 Å². The zero-order valence-corrected chi connectivity index (χ0v) is 23.3. The Labute approximate surface area is 231 Å². The summed E-state index contributed by atoms with van der Waals surface area (Å²) < 4.78 is 3.46. The number of likely N-dealkylation sites (N-methyl/N-ethyl adjacent to an activating group) is 1. The molecule has 0 fully saturated rings. The van der Waals surface area contributed by atoms with Gasteiger partial charge >= 0.3 is 0 Å². The summed E-state index contributed by atoms with van der Waals surface area (Å²) in [7, 11) is 1.55. The second kappa shape index (κ2) is 11.9. The average molecular weight is 631 g/mol. The van der Waals surface area contributed by atoms with Crippen molar-refractivity contribution in [3.63, 3.8) is 0 Å². The maximum atomic E-state index is 13.5. The van der Waals surface area contributed by atoms with Crippen LogP contribution in [-0.4, -0.2) is 34.7 Å². The van der Waals surface area contributed by atoms with E-state index in [0.29, 0.717) is 29.4 Å². The molecule has 3 aromatic carbocycles. The van der Waals surface area contributed by atoms with Crippen molar-refractivity contribution in [2.75, 3.05) is 7.05 Å². The maximum absolute atomic E-state index is 13.5. The summed E-state index contributed by atoms with van der Waals surface area (Å²) in [6.07, 6.45) is 0.335. The zero-order valence-electron chi connectivity index (χ0n) is 19.3. The van der Waals surface area contributed by atoms with E-state index in [1.807, 2.05) is 66.7 Å². The Balaban J connectivity index is 1.68. The van der Waals surface area contributed by atoms with Gasteiger partial charge in [-0.15, -0.1) is 0 Å². The molecule has 2 amide bonds. The highest BCUT2D eigenvalue weighted by atomic mass is 79.9. The monoisotopic (exact) mass is 628 g/mol. The molecule has 9 heteroatoms. The van der Waals surface area contributed by atoms with Gasteiger partial charge in [0.15, 0.2) is 0 Å². The van der Waals surface area contributed by atoms with Crippen molar-refractivity contribution in [2.24, 2.45) is 0 Å².